The summed E-state index contributed by atoms with van der Waals surface area (Å²) in [6.45, 7) is 4.41. The highest BCUT2D eigenvalue weighted by atomic mass is 32.2. The Hall–Kier alpha value is -3.98. The highest BCUT2D eigenvalue weighted by molar-refractivity contribution is 7.99. The van der Waals surface area contributed by atoms with Crippen LogP contribution in [-0.4, -0.2) is 40.6 Å². The Kier molecular flexibility index (Phi) is 8.12. The number of aromatic nitrogens is 3. The summed E-state index contributed by atoms with van der Waals surface area (Å²) in [4.78, 5) is 12.8. The van der Waals surface area contributed by atoms with Crippen molar-refractivity contribution in [3.8, 4) is 17.2 Å². The van der Waals surface area contributed by atoms with Crippen molar-refractivity contribution in [3.05, 3.63) is 83.7 Å². The molecule has 3 aromatic carbocycles. The van der Waals surface area contributed by atoms with E-state index in [0.717, 1.165) is 39.7 Å². The van der Waals surface area contributed by atoms with Crippen LogP contribution in [0.15, 0.2) is 71.9 Å². The molecule has 4 rings (SSSR count). The molecule has 1 aromatic heterocycles. The van der Waals surface area contributed by atoms with E-state index in [1.165, 1.54) is 11.8 Å². The van der Waals surface area contributed by atoms with E-state index in [-0.39, 0.29) is 11.7 Å². The minimum absolute atomic E-state index is 0.0976. The number of aryl methyl sites for hydroxylation is 2. The number of benzene rings is 3. The molecule has 0 aliphatic carbocycles. The average molecular weight is 504 g/mol. The van der Waals surface area contributed by atoms with Gasteiger partial charge in [0.1, 0.15) is 11.5 Å². The molecule has 9 heteroatoms. The number of hydrogen-bond donors (Lipinski definition) is 2. The summed E-state index contributed by atoms with van der Waals surface area (Å²) in [5.74, 6) is 2.37. The molecule has 0 aliphatic heterocycles. The van der Waals surface area contributed by atoms with Gasteiger partial charge in [0.25, 0.3) is 0 Å². The van der Waals surface area contributed by atoms with Crippen molar-refractivity contribution in [1.82, 2.24) is 14.8 Å². The summed E-state index contributed by atoms with van der Waals surface area (Å²) in [6, 6.07) is 21.3. The fraction of sp³-hybridized carbons (Fsp3) is 0.222. The van der Waals surface area contributed by atoms with Gasteiger partial charge in [-0.15, -0.1) is 10.2 Å². The van der Waals surface area contributed by atoms with Gasteiger partial charge in [0.2, 0.25) is 5.91 Å². The Morgan fingerprint density at radius 2 is 1.50 bits per heavy atom. The van der Waals surface area contributed by atoms with Crippen molar-refractivity contribution < 1.29 is 14.3 Å². The Balaban J connectivity index is 1.52. The molecule has 0 aliphatic rings. The van der Waals surface area contributed by atoms with Crippen LogP contribution in [0.2, 0.25) is 0 Å². The fourth-order valence-corrected chi connectivity index (χ4v) is 4.48. The largest absolute Gasteiger partial charge is 0.497 e. The van der Waals surface area contributed by atoms with E-state index in [2.05, 4.69) is 20.8 Å². The van der Waals surface area contributed by atoms with Crippen LogP contribution < -0.4 is 20.1 Å². The van der Waals surface area contributed by atoms with Crippen LogP contribution in [0.3, 0.4) is 0 Å². The van der Waals surface area contributed by atoms with Gasteiger partial charge in [-0.2, -0.15) is 0 Å². The lowest BCUT2D eigenvalue weighted by atomic mass is 10.1. The average Bonchev–Trinajstić information content (AvgIpc) is 3.31. The van der Waals surface area contributed by atoms with Crippen LogP contribution in [0.1, 0.15) is 17.0 Å². The zero-order chi connectivity index (χ0) is 25.5. The second-order valence-electron chi connectivity index (χ2n) is 8.12. The maximum atomic E-state index is 12.8. The minimum atomic E-state index is -0.0976. The molecule has 36 heavy (non-hydrogen) atoms. The molecule has 0 bridgehead atoms. The number of anilines is 2. The van der Waals surface area contributed by atoms with E-state index in [0.29, 0.717) is 17.5 Å². The maximum absolute atomic E-state index is 12.8. The summed E-state index contributed by atoms with van der Waals surface area (Å²) < 4.78 is 12.5. The Morgan fingerprint density at radius 1 is 0.889 bits per heavy atom. The monoisotopic (exact) mass is 503 g/mol. The van der Waals surface area contributed by atoms with Gasteiger partial charge >= 0.3 is 0 Å². The summed E-state index contributed by atoms with van der Waals surface area (Å²) in [5, 5.41) is 15.8. The summed E-state index contributed by atoms with van der Waals surface area (Å²) >= 11 is 1.34. The van der Waals surface area contributed by atoms with E-state index in [9.17, 15) is 4.79 Å². The van der Waals surface area contributed by atoms with Gasteiger partial charge in [-0.3, -0.25) is 9.36 Å². The quantitative estimate of drug-likeness (QED) is 0.286. The number of nitrogens with one attached hydrogen (secondary N) is 2. The lowest BCUT2D eigenvalue weighted by Gasteiger charge is -2.13. The second-order valence-corrected chi connectivity index (χ2v) is 9.06. The van der Waals surface area contributed by atoms with Crippen molar-refractivity contribution in [2.24, 2.45) is 0 Å². The highest BCUT2D eigenvalue weighted by Crippen LogP contribution is 2.26. The van der Waals surface area contributed by atoms with Crippen LogP contribution in [0.5, 0.6) is 11.5 Å². The number of hydrogen-bond acceptors (Lipinski definition) is 7. The Morgan fingerprint density at radius 3 is 2.11 bits per heavy atom. The highest BCUT2D eigenvalue weighted by Gasteiger charge is 2.17. The molecule has 4 aromatic rings. The van der Waals surface area contributed by atoms with Crippen LogP contribution >= 0.6 is 11.8 Å². The predicted molar refractivity (Wildman–Crippen MR) is 144 cm³/mol. The first-order chi connectivity index (χ1) is 17.5. The van der Waals surface area contributed by atoms with Gasteiger partial charge in [-0.05, 0) is 73.5 Å². The van der Waals surface area contributed by atoms with Crippen LogP contribution in [0, 0.1) is 13.8 Å². The molecule has 2 N–H and O–H groups in total. The van der Waals surface area contributed by atoms with Gasteiger partial charge in [0, 0.05) is 17.1 Å². The van der Waals surface area contributed by atoms with Gasteiger partial charge in [0.15, 0.2) is 11.0 Å². The molecule has 0 radical (unpaired) electrons. The third-order valence-electron chi connectivity index (χ3n) is 5.65. The lowest BCUT2D eigenvalue weighted by Crippen LogP contribution is -2.16. The van der Waals surface area contributed by atoms with Crippen LogP contribution in [0.25, 0.3) is 5.69 Å². The van der Waals surface area contributed by atoms with Crippen molar-refractivity contribution in [3.63, 3.8) is 0 Å². The van der Waals surface area contributed by atoms with Gasteiger partial charge in [-0.1, -0.05) is 30.0 Å². The van der Waals surface area contributed by atoms with Crippen LogP contribution in [-0.2, 0) is 11.3 Å². The number of amides is 1. The fourth-order valence-electron chi connectivity index (χ4n) is 3.71. The zero-order valence-corrected chi connectivity index (χ0v) is 21.6. The summed E-state index contributed by atoms with van der Waals surface area (Å²) in [5.41, 5.74) is 4.72. The normalized spacial score (nSPS) is 10.7. The minimum Gasteiger partial charge on any atom is -0.497 e. The SMILES string of the molecule is COc1ccc(NCc2nnc(SCC(=O)Nc3c(C)cccc3C)n2-c2ccc(OC)cc2)cc1. The second kappa shape index (κ2) is 11.6. The topological polar surface area (TPSA) is 90.3 Å². The van der Waals surface area contributed by atoms with Gasteiger partial charge < -0.3 is 20.1 Å². The van der Waals surface area contributed by atoms with E-state index in [1.54, 1.807) is 14.2 Å². The Bertz CT molecular complexity index is 1300. The van der Waals surface area contributed by atoms with E-state index in [1.807, 2.05) is 85.1 Å². The molecule has 0 saturated heterocycles. The molecule has 186 valence electrons. The zero-order valence-electron chi connectivity index (χ0n) is 20.7. The number of rotatable bonds is 10. The van der Waals surface area contributed by atoms with E-state index in [4.69, 9.17) is 9.47 Å². The molecule has 0 saturated carbocycles. The number of thioether (sulfide) groups is 1. The third kappa shape index (κ3) is 5.98. The molecule has 0 fully saturated rings. The third-order valence-corrected chi connectivity index (χ3v) is 6.58. The molecular weight excluding hydrogens is 474 g/mol. The first-order valence-electron chi connectivity index (χ1n) is 11.4. The number of carbonyl (C=O) groups excluding carboxylic acids is 1. The summed E-state index contributed by atoms with van der Waals surface area (Å²) in [7, 11) is 3.27. The smallest absolute Gasteiger partial charge is 0.234 e. The Labute approximate surface area is 215 Å². The molecule has 8 nitrogen and oxygen atoms in total. The van der Waals surface area contributed by atoms with Gasteiger partial charge in [-0.25, -0.2) is 0 Å². The van der Waals surface area contributed by atoms with Crippen LogP contribution in [0.4, 0.5) is 11.4 Å². The first kappa shape index (κ1) is 25.1. The van der Waals surface area contributed by atoms with Crippen molar-refractivity contribution in [2.75, 3.05) is 30.6 Å². The number of carbonyl (C=O) groups is 1. The van der Waals surface area contributed by atoms with Crippen molar-refractivity contribution in [2.45, 2.75) is 25.5 Å². The maximum Gasteiger partial charge on any atom is 0.234 e. The summed E-state index contributed by atoms with van der Waals surface area (Å²) in [6.07, 6.45) is 0. The van der Waals surface area contributed by atoms with E-state index >= 15 is 0 Å². The van der Waals surface area contributed by atoms with Gasteiger partial charge in [0.05, 0.1) is 26.5 Å². The predicted octanol–water partition coefficient (Wildman–Crippen LogP) is 5.24. The lowest BCUT2D eigenvalue weighted by molar-refractivity contribution is -0.113. The molecular formula is C27H29N5O3S. The molecule has 0 atom stereocenters. The number of nitrogens with zero attached hydrogens (tertiary/aromatic N) is 3. The number of methoxy groups -OCH3 is 2. The first-order valence-corrected chi connectivity index (χ1v) is 12.4. The standard InChI is InChI=1S/C27H29N5O3S/c1-18-6-5-7-19(2)26(18)29-25(33)17-36-27-31-30-24(16-28-20-8-12-22(34-3)13-9-20)32(27)21-10-14-23(35-4)15-11-21/h5-15,28H,16-17H2,1-4H3,(H,29,33). The molecule has 0 spiro atoms. The molecule has 1 heterocycles. The van der Waals surface area contributed by atoms with Crippen molar-refractivity contribution in [1.29, 1.82) is 0 Å². The molecule has 1 amide bonds. The van der Waals surface area contributed by atoms with Crippen molar-refractivity contribution >= 4 is 29.0 Å². The number of para-hydroxylation sites is 1. The van der Waals surface area contributed by atoms with E-state index < -0.39 is 0 Å². The molecule has 0 unspecified atom stereocenters. The number of ether oxygens (including phenoxy) is 2.